The van der Waals surface area contributed by atoms with Gasteiger partial charge in [0, 0.05) is 5.69 Å². The number of benzene rings is 2. The molecule has 2 N–H and O–H groups in total. The Hall–Kier alpha value is -2.66. The highest BCUT2D eigenvalue weighted by atomic mass is 16.5. The number of amides is 2. The number of anilines is 1. The molecule has 0 radical (unpaired) electrons. The molecule has 1 saturated carbocycles. The number of ether oxygens (including phenoxy) is 1. The minimum Gasteiger partial charge on any atom is -0.371 e. The molecule has 1 fully saturated rings. The Balaban J connectivity index is 1.47. The van der Waals surface area contributed by atoms with Gasteiger partial charge in [-0.3, -0.25) is 9.59 Å². The SMILES string of the molecule is Cc1cccc(NC(=O)CC(=O)N[C@@H]2CCC[C@H]2OCc2ccccc2)c1C. The first-order valence-corrected chi connectivity index (χ1v) is 9.84. The van der Waals surface area contributed by atoms with Crippen LogP contribution in [0.3, 0.4) is 0 Å². The fourth-order valence-electron chi connectivity index (χ4n) is 3.55. The van der Waals surface area contributed by atoms with Crippen molar-refractivity contribution in [2.45, 2.75) is 58.3 Å². The molecule has 0 spiro atoms. The second-order valence-electron chi connectivity index (χ2n) is 7.41. The summed E-state index contributed by atoms with van der Waals surface area (Å²) in [6.07, 6.45) is 2.62. The molecule has 0 bridgehead atoms. The van der Waals surface area contributed by atoms with Crippen LogP contribution in [-0.2, 0) is 20.9 Å². The maximum atomic E-state index is 12.3. The number of hydrogen-bond acceptors (Lipinski definition) is 3. The normalized spacial score (nSPS) is 18.6. The van der Waals surface area contributed by atoms with Gasteiger partial charge in [0.25, 0.3) is 0 Å². The predicted molar refractivity (Wildman–Crippen MR) is 110 cm³/mol. The molecule has 3 rings (SSSR count). The molecule has 2 atom stereocenters. The third-order valence-corrected chi connectivity index (χ3v) is 5.31. The van der Waals surface area contributed by atoms with Crippen LogP contribution in [0.1, 0.15) is 42.4 Å². The van der Waals surface area contributed by atoms with Crippen molar-refractivity contribution in [2.24, 2.45) is 0 Å². The molecule has 28 heavy (non-hydrogen) atoms. The number of carbonyl (C=O) groups is 2. The zero-order chi connectivity index (χ0) is 19.9. The molecule has 2 amide bonds. The summed E-state index contributed by atoms with van der Waals surface area (Å²) in [6.45, 7) is 4.48. The lowest BCUT2D eigenvalue weighted by Gasteiger charge is -2.21. The highest BCUT2D eigenvalue weighted by molar-refractivity contribution is 6.04. The molecule has 0 unspecified atom stereocenters. The molecule has 1 aliphatic carbocycles. The van der Waals surface area contributed by atoms with E-state index in [0.717, 1.165) is 41.6 Å². The van der Waals surface area contributed by atoms with Gasteiger partial charge < -0.3 is 15.4 Å². The van der Waals surface area contributed by atoms with Crippen LogP contribution >= 0.6 is 0 Å². The topological polar surface area (TPSA) is 67.4 Å². The second-order valence-corrected chi connectivity index (χ2v) is 7.41. The van der Waals surface area contributed by atoms with Gasteiger partial charge in [-0.2, -0.15) is 0 Å². The quantitative estimate of drug-likeness (QED) is 0.716. The van der Waals surface area contributed by atoms with Gasteiger partial charge in [-0.1, -0.05) is 42.5 Å². The summed E-state index contributed by atoms with van der Waals surface area (Å²) in [5, 5.41) is 5.82. The monoisotopic (exact) mass is 380 g/mol. The van der Waals surface area contributed by atoms with Gasteiger partial charge in [-0.05, 0) is 55.9 Å². The lowest BCUT2D eigenvalue weighted by Crippen LogP contribution is -2.42. The van der Waals surface area contributed by atoms with Gasteiger partial charge in [-0.25, -0.2) is 0 Å². The van der Waals surface area contributed by atoms with Crippen LogP contribution in [0, 0.1) is 13.8 Å². The van der Waals surface area contributed by atoms with E-state index in [1.165, 1.54) is 0 Å². The highest BCUT2D eigenvalue weighted by Gasteiger charge is 2.29. The molecule has 5 heteroatoms. The highest BCUT2D eigenvalue weighted by Crippen LogP contribution is 2.23. The van der Waals surface area contributed by atoms with E-state index in [1.54, 1.807) is 0 Å². The Labute approximate surface area is 166 Å². The largest absolute Gasteiger partial charge is 0.371 e. The Bertz CT molecular complexity index is 820. The van der Waals surface area contributed by atoms with Crippen molar-refractivity contribution in [3.05, 3.63) is 65.2 Å². The molecule has 0 saturated heterocycles. The lowest BCUT2D eigenvalue weighted by molar-refractivity contribution is -0.128. The van der Waals surface area contributed by atoms with Crippen molar-refractivity contribution in [1.82, 2.24) is 5.32 Å². The zero-order valence-electron chi connectivity index (χ0n) is 16.5. The van der Waals surface area contributed by atoms with Gasteiger partial charge in [0.1, 0.15) is 6.42 Å². The van der Waals surface area contributed by atoms with Crippen LogP contribution in [0.4, 0.5) is 5.69 Å². The minimum atomic E-state index is -0.300. The van der Waals surface area contributed by atoms with Crippen LogP contribution in [0.2, 0.25) is 0 Å². The van der Waals surface area contributed by atoms with E-state index < -0.39 is 0 Å². The smallest absolute Gasteiger partial charge is 0.233 e. The molecular formula is C23H28N2O3. The van der Waals surface area contributed by atoms with E-state index in [0.29, 0.717) is 6.61 Å². The molecule has 0 heterocycles. The molecule has 0 aliphatic heterocycles. The Kier molecular flexibility index (Phi) is 6.82. The fourth-order valence-corrected chi connectivity index (χ4v) is 3.55. The molecule has 1 aliphatic rings. The van der Waals surface area contributed by atoms with Crippen molar-refractivity contribution in [2.75, 3.05) is 5.32 Å². The van der Waals surface area contributed by atoms with Crippen LogP contribution in [-0.4, -0.2) is 24.0 Å². The van der Waals surface area contributed by atoms with Gasteiger partial charge >= 0.3 is 0 Å². The zero-order valence-corrected chi connectivity index (χ0v) is 16.5. The first-order chi connectivity index (χ1) is 13.5. The minimum absolute atomic E-state index is 0.00812. The summed E-state index contributed by atoms with van der Waals surface area (Å²) >= 11 is 0. The molecular weight excluding hydrogens is 352 g/mol. The van der Waals surface area contributed by atoms with Gasteiger partial charge in [0.2, 0.25) is 11.8 Å². The first-order valence-electron chi connectivity index (χ1n) is 9.84. The van der Waals surface area contributed by atoms with Crippen molar-refractivity contribution in [3.63, 3.8) is 0 Å². The maximum Gasteiger partial charge on any atom is 0.233 e. The average Bonchev–Trinajstić information content (AvgIpc) is 3.11. The van der Waals surface area contributed by atoms with Crippen LogP contribution in [0.5, 0.6) is 0 Å². The Morgan fingerprint density at radius 2 is 1.79 bits per heavy atom. The first kappa shape index (κ1) is 20.1. The molecule has 0 aromatic heterocycles. The summed E-state index contributed by atoms with van der Waals surface area (Å²) < 4.78 is 6.02. The van der Waals surface area contributed by atoms with Crippen molar-refractivity contribution < 1.29 is 14.3 Å². The number of nitrogens with one attached hydrogen (secondary N) is 2. The standard InChI is InChI=1S/C23H28N2O3/c1-16-8-6-11-19(17(16)2)24-22(26)14-23(27)25-20-12-7-13-21(20)28-15-18-9-4-3-5-10-18/h3-6,8-11,20-21H,7,12-15H2,1-2H3,(H,24,26)(H,25,27)/t20-,21-/m1/s1. The van der Waals surface area contributed by atoms with Crippen LogP contribution < -0.4 is 10.6 Å². The van der Waals surface area contributed by atoms with Gasteiger partial charge in [0.15, 0.2) is 0 Å². The van der Waals surface area contributed by atoms with Crippen molar-refractivity contribution >= 4 is 17.5 Å². The van der Waals surface area contributed by atoms with E-state index in [9.17, 15) is 9.59 Å². The van der Waals surface area contributed by atoms with E-state index in [2.05, 4.69) is 10.6 Å². The number of rotatable bonds is 7. The van der Waals surface area contributed by atoms with E-state index >= 15 is 0 Å². The summed E-state index contributed by atoms with van der Waals surface area (Å²) in [4.78, 5) is 24.6. The Morgan fingerprint density at radius 1 is 1.00 bits per heavy atom. The molecule has 5 nitrogen and oxygen atoms in total. The van der Waals surface area contributed by atoms with Crippen molar-refractivity contribution in [1.29, 1.82) is 0 Å². The number of aryl methyl sites for hydroxylation is 1. The summed E-state index contributed by atoms with van der Waals surface area (Å²) in [6, 6.07) is 15.7. The molecule has 2 aromatic rings. The second kappa shape index (κ2) is 9.51. The van der Waals surface area contributed by atoms with Crippen molar-refractivity contribution in [3.8, 4) is 0 Å². The van der Waals surface area contributed by atoms with Crippen LogP contribution in [0.15, 0.2) is 48.5 Å². The van der Waals surface area contributed by atoms with E-state index in [4.69, 9.17) is 4.74 Å². The Morgan fingerprint density at radius 3 is 2.57 bits per heavy atom. The van der Waals surface area contributed by atoms with E-state index in [-0.39, 0.29) is 30.4 Å². The summed E-state index contributed by atoms with van der Waals surface area (Å²) in [5.41, 5.74) is 3.99. The average molecular weight is 380 g/mol. The van der Waals surface area contributed by atoms with Gasteiger partial charge in [-0.15, -0.1) is 0 Å². The van der Waals surface area contributed by atoms with E-state index in [1.807, 2.05) is 62.4 Å². The molecule has 148 valence electrons. The third-order valence-electron chi connectivity index (χ3n) is 5.31. The maximum absolute atomic E-state index is 12.3. The number of hydrogen-bond donors (Lipinski definition) is 2. The van der Waals surface area contributed by atoms with Gasteiger partial charge in [0.05, 0.1) is 18.8 Å². The fraction of sp³-hybridized carbons (Fsp3) is 0.391. The summed E-state index contributed by atoms with van der Waals surface area (Å²) in [5.74, 6) is -0.561. The third kappa shape index (κ3) is 5.42. The summed E-state index contributed by atoms with van der Waals surface area (Å²) in [7, 11) is 0. The predicted octanol–water partition coefficient (Wildman–Crippen LogP) is 3.89. The molecule has 2 aromatic carbocycles. The lowest BCUT2D eigenvalue weighted by atomic mass is 10.1. The number of carbonyl (C=O) groups excluding carboxylic acids is 2. The van der Waals surface area contributed by atoms with Crippen LogP contribution in [0.25, 0.3) is 0 Å².